The minimum atomic E-state index is -0.507. The van der Waals surface area contributed by atoms with Crippen LogP contribution in [0.1, 0.15) is 28.9 Å². The summed E-state index contributed by atoms with van der Waals surface area (Å²) in [7, 11) is 3.34. The first-order valence-corrected chi connectivity index (χ1v) is 10.2. The van der Waals surface area contributed by atoms with Crippen LogP contribution in [0.5, 0.6) is 0 Å². The van der Waals surface area contributed by atoms with Crippen molar-refractivity contribution in [1.29, 1.82) is 0 Å². The summed E-state index contributed by atoms with van der Waals surface area (Å²) in [6.07, 6.45) is 0. The summed E-state index contributed by atoms with van der Waals surface area (Å²) in [5, 5.41) is 6.59. The maximum Gasteiger partial charge on any atom is 0.338 e. The Hall–Kier alpha value is -3.23. The van der Waals surface area contributed by atoms with Crippen LogP contribution in [0.4, 0.5) is 5.69 Å². The van der Waals surface area contributed by atoms with E-state index in [0.717, 1.165) is 5.56 Å². The first-order chi connectivity index (χ1) is 14.9. The Morgan fingerprint density at radius 1 is 1.13 bits per heavy atom. The molecule has 1 aliphatic heterocycles. The van der Waals surface area contributed by atoms with E-state index < -0.39 is 12.0 Å². The van der Waals surface area contributed by atoms with Crippen molar-refractivity contribution in [3.63, 3.8) is 0 Å². The number of benzene rings is 2. The Balaban J connectivity index is 1.88. The van der Waals surface area contributed by atoms with Crippen molar-refractivity contribution < 1.29 is 19.1 Å². The number of amides is 1. The van der Waals surface area contributed by atoms with E-state index >= 15 is 0 Å². The highest BCUT2D eigenvalue weighted by Gasteiger charge is 2.33. The summed E-state index contributed by atoms with van der Waals surface area (Å²) < 4.78 is 10.3. The average Bonchev–Trinajstić information content (AvgIpc) is 2.78. The number of thiocarbonyl (C=S) groups is 1. The van der Waals surface area contributed by atoms with E-state index in [4.69, 9.17) is 21.7 Å². The predicted molar refractivity (Wildman–Crippen MR) is 123 cm³/mol. The first kappa shape index (κ1) is 22.5. The lowest BCUT2D eigenvalue weighted by Crippen LogP contribution is -2.46. The molecular formula is C23H25N3O4S. The molecule has 2 aromatic carbocycles. The number of nitrogens with zero attached hydrogens (tertiary/aromatic N) is 1. The monoisotopic (exact) mass is 439 g/mol. The summed E-state index contributed by atoms with van der Waals surface area (Å²) in [6.45, 7) is 2.29. The van der Waals surface area contributed by atoms with Crippen molar-refractivity contribution in [2.24, 2.45) is 0 Å². The van der Waals surface area contributed by atoms with E-state index in [1.165, 1.54) is 0 Å². The number of anilines is 1. The molecule has 1 atom stereocenters. The van der Waals surface area contributed by atoms with Gasteiger partial charge in [0.2, 0.25) is 0 Å². The van der Waals surface area contributed by atoms with Crippen molar-refractivity contribution in [3.05, 3.63) is 77.0 Å². The lowest BCUT2D eigenvalue weighted by Gasteiger charge is -2.35. The number of methoxy groups -OCH3 is 1. The van der Waals surface area contributed by atoms with Gasteiger partial charge in [0.05, 0.1) is 18.2 Å². The zero-order valence-corrected chi connectivity index (χ0v) is 18.5. The van der Waals surface area contributed by atoms with Crippen molar-refractivity contribution in [3.8, 4) is 0 Å². The molecule has 7 nitrogen and oxygen atoms in total. The molecule has 0 radical (unpaired) electrons. The van der Waals surface area contributed by atoms with Gasteiger partial charge >= 0.3 is 5.97 Å². The smallest absolute Gasteiger partial charge is 0.338 e. The van der Waals surface area contributed by atoms with Gasteiger partial charge in [-0.25, -0.2) is 4.79 Å². The normalized spacial score (nSPS) is 16.0. The Morgan fingerprint density at radius 3 is 2.58 bits per heavy atom. The molecule has 1 amide bonds. The Labute approximate surface area is 187 Å². The number of ether oxygens (including phenoxy) is 2. The average molecular weight is 440 g/mol. The van der Waals surface area contributed by atoms with Crippen molar-refractivity contribution in [1.82, 2.24) is 10.2 Å². The molecule has 0 spiro atoms. The Bertz CT molecular complexity index is 1010. The third-order valence-corrected chi connectivity index (χ3v) is 5.40. The molecule has 0 bridgehead atoms. The highest BCUT2D eigenvalue weighted by Crippen LogP contribution is 2.32. The fourth-order valence-corrected chi connectivity index (χ4v) is 3.49. The summed E-state index contributed by atoms with van der Waals surface area (Å²) >= 11 is 5.43. The summed E-state index contributed by atoms with van der Waals surface area (Å²) in [4.78, 5) is 27.1. The van der Waals surface area contributed by atoms with Gasteiger partial charge in [0.15, 0.2) is 5.11 Å². The number of allylic oxidation sites excluding steroid dienone is 1. The molecule has 0 aromatic heterocycles. The molecule has 162 valence electrons. The Kier molecular flexibility index (Phi) is 7.38. The predicted octanol–water partition coefficient (Wildman–Crippen LogP) is 3.26. The summed E-state index contributed by atoms with van der Waals surface area (Å²) in [5.74, 6) is -0.657. The molecule has 0 aliphatic carbocycles. The van der Waals surface area contributed by atoms with Crippen LogP contribution in [0.2, 0.25) is 0 Å². The van der Waals surface area contributed by atoms with Crippen LogP contribution in [0.3, 0.4) is 0 Å². The van der Waals surface area contributed by atoms with Gasteiger partial charge in [0, 0.05) is 31.1 Å². The summed E-state index contributed by atoms with van der Waals surface area (Å²) in [6, 6.07) is 15.8. The van der Waals surface area contributed by atoms with E-state index in [9.17, 15) is 9.59 Å². The van der Waals surface area contributed by atoms with Crippen molar-refractivity contribution in [2.75, 3.05) is 32.7 Å². The molecule has 0 saturated heterocycles. The molecule has 1 heterocycles. The number of esters is 1. The Morgan fingerprint density at radius 2 is 1.87 bits per heavy atom. The fraction of sp³-hybridized carbons (Fsp3) is 0.261. The van der Waals surface area contributed by atoms with Crippen LogP contribution >= 0.6 is 12.2 Å². The SMILES string of the molecule is COCCOC(=O)C1=C(C)N(C)C(=S)NC1c1cccc(NC(=O)c2ccccc2)c1. The van der Waals surface area contributed by atoms with Gasteiger partial charge in [0.25, 0.3) is 5.91 Å². The highest BCUT2D eigenvalue weighted by molar-refractivity contribution is 7.80. The van der Waals surface area contributed by atoms with Gasteiger partial charge < -0.3 is 25.0 Å². The van der Waals surface area contributed by atoms with E-state index in [-0.39, 0.29) is 12.5 Å². The van der Waals surface area contributed by atoms with Crippen LogP contribution < -0.4 is 10.6 Å². The van der Waals surface area contributed by atoms with Gasteiger partial charge in [-0.15, -0.1) is 0 Å². The molecule has 0 saturated carbocycles. The molecule has 2 N–H and O–H groups in total. The zero-order valence-electron chi connectivity index (χ0n) is 17.7. The third-order valence-electron chi connectivity index (χ3n) is 5.01. The number of hydrogen-bond donors (Lipinski definition) is 2. The highest BCUT2D eigenvalue weighted by atomic mass is 32.1. The standard InChI is InChI=1S/C23H25N3O4S/c1-15-19(22(28)30-13-12-29-3)20(25-23(31)26(15)2)17-10-7-11-18(14-17)24-21(27)16-8-5-4-6-9-16/h4-11,14,20H,12-13H2,1-3H3,(H,24,27)(H,25,31). The third kappa shape index (κ3) is 5.28. The van der Waals surface area contributed by atoms with Gasteiger partial charge in [-0.05, 0) is 49.0 Å². The lowest BCUT2D eigenvalue weighted by atomic mass is 9.95. The van der Waals surface area contributed by atoms with Gasteiger partial charge in [-0.2, -0.15) is 0 Å². The summed E-state index contributed by atoms with van der Waals surface area (Å²) in [5.41, 5.74) is 3.11. The van der Waals surface area contributed by atoms with Crippen molar-refractivity contribution >= 4 is 34.9 Å². The van der Waals surface area contributed by atoms with Crippen molar-refractivity contribution in [2.45, 2.75) is 13.0 Å². The fourth-order valence-electron chi connectivity index (χ4n) is 3.23. The quantitative estimate of drug-likeness (QED) is 0.389. The molecular weight excluding hydrogens is 414 g/mol. The number of carbonyl (C=O) groups excluding carboxylic acids is 2. The minimum Gasteiger partial charge on any atom is -0.460 e. The van der Waals surface area contributed by atoms with Crippen LogP contribution in [0.25, 0.3) is 0 Å². The second-order valence-electron chi connectivity index (χ2n) is 7.01. The molecule has 1 aliphatic rings. The molecule has 8 heteroatoms. The second-order valence-corrected chi connectivity index (χ2v) is 7.40. The maximum absolute atomic E-state index is 12.9. The molecule has 0 fully saturated rings. The van der Waals surface area contributed by atoms with Gasteiger partial charge in [0.1, 0.15) is 6.61 Å². The zero-order chi connectivity index (χ0) is 22.4. The first-order valence-electron chi connectivity index (χ1n) is 9.79. The molecule has 2 aromatic rings. The molecule has 3 rings (SSSR count). The molecule has 1 unspecified atom stereocenters. The second kappa shape index (κ2) is 10.2. The van der Waals surface area contributed by atoms with Crippen LogP contribution in [-0.4, -0.2) is 49.3 Å². The minimum absolute atomic E-state index is 0.153. The maximum atomic E-state index is 12.9. The van der Waals surface area contributed by atoms with Gasteiger partial charge in [-0.3, -0.25) is 4.79 Å². The van der Waals surface area contributed by atoms with E-state index in [0.29, 0.717) is 34.2 Å². The molecule has 31 heavy (non-hydrogen) atoms. The van der Waals surface area contributed by atoms with Crippen LogP contribution in [0, 0.1) is 0 Å². The topological polar surface area (TPSA) is 79.9 Å². The van der Waals surface area contributed by atoms with Crippen LogP contribution in [-0.2, 0) is 14.3 Å². The van der Waals surface area contributed by atoms with E-state index in [2.05, 4.69) is 10.6 Å². The van der Waals surface area contributed by atoms with Gasteiger partial charge in [-0.1, -0.05) is 30.3 Å². The van der Waals surface area contributed by atoms with E-state index in [1.54, 1.807) is 37.3 Å². The number of hydrogen-bond acceptors (Lipinski definition) is 5. The van der Waals surface area contributed by atoms with E-state index in [1.807, 2.05) is 43.3 Å². The number of rotatable bonds is 7. The number of nitrogens with one attached hydrogen (secondary N) is 2. The van der Waals surface area contributed by atoms with Crippen LogP contribution in [0.15, 0.2) is 65.9 Å². The largest absolute Gasteiger partial charge is 0.460 e. The number of carbonyl (C=O) groups is 2. The lowest BCUT2D eigenvalue weighted by molar-refractivity contribution is -0.140.